The summed E-state index contributed by atoms with van der Waals surface area (Å²) in [5.41, 5.74) is 7.21. The molecule has 1 aliphatic carbocycles. The van der Waals surface area contributed by atoms with Gasteiger partial charge in [-0.1, -0.05) is 19.1 Å². The summed E-state index contributed by atoms with van der Waals surface area (Å²) < 4.78 is 0. The van der Waals surface area contributed by atoms with Gasteiger partial charge in [-0.25, -0.2) is 0 Å². The number of nitrogens with two attached hydrogens (primary N) is 1. The third kappa shape index (κ3) is 2.07. The normalized spacial score (nSPS) is 27.3. The van der Waals surface area contributed by atoms with Gasteiger partial charge in [0.2, 0.25) is 0 Å². The summed E-state index contributed by atoms with van der Waals surface area (Å²) in [6.45, 7) is 2.24. The van der Waals surface area contributed by atoms with E-state index < -0.39 is 0 Å². The molecule has 1 aromatic rings. The maximum atomic E-state index is 9.29. The van der Waals surface area contributed by atoms with E-state index in [0.29, 0.717) is 11.7 Å². The molecule has 2 heteroatoms. The topological polar surface area (TPSA) is 46.2 Å². The molecule has 1 saturated carbocycles. The molecule has 3 unspecified atom stereocenters. The Morgan fingerprint density at radius 3 is 2.86 bits per heavy atom. The molecule has 0 amide bonds. The Morgan fingerprint density at radius 2 is 2.29 bits per heavy atom. The van der Waals surface area contributed by atoms with Gasteiger partial charge in [-0.15, -0.1) is 0 Å². The lowest BCUT2D eigenvalue weighted by Crippen LogP contribution is -2.25. The van der Waals surface area contributed by atoms with Gasteiger partial charge in [0.15, 0.2) is 0 Å². The zero-order chi connectivity index (χ0) is 10.1. The molecule has 0 radical (unpaired) electrons. The van der Waals surface area contributed by atoms with Crippen molar-refractivity contribution in [2.45, 2.75) is 25.8 Å². The van der Waals surface area contributed by atoms with Crippen molar-refractivity contribution in [3.63, 3.8) is 0 Å². The summed E-state index contributed by atoms with van der Waals surface area (Å²) in [7, 11) is 0. The van der Waals surface area contributed by atoms with E-state index in [4.69, 9.17) is 5.73 Å². The highest BCUT2D eigenvalue weighted by atomic mass is 16.3. The van der Waals surface area contributed by atoms with Crippen LogP contribution in [0.15, 0.2) is 24.3 Å². The van der Waals surface area contributed by atoms with E-state index in [2.05, 4.69) is 6.92 Å². The molecule has 3 atom stereocenters. The van der Waals surface area contributed by atoms with E-state index in [1.807, 2.05) is 12.1 Å². The Kier molecular flexibility index (Phi) is 2.46. The zero-order valence-corrected chi connectivity index (χ0v) is 8.48. The lowest BCUT2D eigenvalue weighted by Gasteiger charge is -2.10. The molecule has 1 aliphatic rings. The highest BCUT2D eigenvalue weighted by Gasteiger charge is 2.37. The molecule has 0 saturated heterocycles. The molecule has 14 heavy (non-hydrogen) atoms. The van der Waals surface area contributed by atoms with Gasteiger partial charge < -0.3 is 10.8 Å². The Labute approximate surface area is 84.7 Å². The van der Waals surface area contributed by atoms with Crippen LogP contribution < -0.4 is 5.73 Å². The fraction of sp³-hybridized carbons (Fsp3) is 0.500. The minimum absolute atomic E-state index is 0.256. The van der Waals surface area contributed by atoms with Crippen molar-refractivity contribution >= 4 is 0 Å². The van der Waals surface area contributed by atoms with Crippen molar-refractivity contribution in [1.82, 2.24) is 0 Å². The van der Waals surface area contributed by atoms with Gasteiger partial charge >= 0.3 is 0 Å². The fourth-order valence-corrected chi connectivity index (χ4v) is 2.05. The van der Waals surface area contributed by atoms with Crippen molar-refractivity contribution in [2.24, 2.45) is 17.6 Å². The first-order valence-corrected chi connectivity index (χ1v) is 5.20. The number of phenolic OH excluding ortho intramolecular Hbond substituents is 1. The minimum atomic E-state index is 0.256. The van der Waals surface area contributed by atoms with Crippen molar-refractivity contribution < 1.29 is 5.11 Å². The lowest BCUT2D eigenvalue weighted by atomic mass is 10.0. The van der Waals surface area contributed by atoms with Crippen LogP contribution in [0.5, 0.6) is 5.75 Å². The third-order valence-electron chi connectivity index (χ3n) is 3.10. The predicted octanol–water partition coefficient (Wildman–Crippen LogP) is 1.92. The molecule has 76 valence electrons. The van der Waals surface area contributed by atoms with Crippen LogP contribution in [0, 0.1) is 11.8 Å². The summed E-state index contributed by atoms with van der Waals surface area (Å²) in [6, 6.07) is 7.63. The number of hydrogen-bond donors (Lipinski definition) is 2. The van der Waals surface area contributed by atoms with E-state index in [1.54, 1.807) is 12.1 Å². The van der Waals surface area contributed by atoms with Crippen molar-refractivity contribution in [3.8, 4) is 5.75 Å². The van der Waals surface area contributed by atoms with Gasteiger partial charge in [0.25, 0.3) is 0 Å². The maximum Gasteiger partial charge on any atom is 0.115 e. The lowest BCUT2D eigenvalue weighted by molar-refractivity contribution is 0.473. The third-order valence-corrected chi connectivity index (χ3v) is 3.10. The van der Waals surface area contributed by atoms with Gasteiger partial charge in [0.1, 0.15) is 5.75 Å². The van der Waals surface area contributed by atoms with E-state index in [9.17, 15) is 5.11 Å². The predicted molar refractivity (Wildman–Crippen MR) is 57.1 cm³/mol. The van der Waals surface area contributed by atoms with Gasteiger partial charge in [-0.3, -0.25) is 0 Å². The molecular weight excluding hydrogens is 174 g/mol. The summed E-state index contributed by atoms with van der Waals surface area (Å²) in [5.74, 6) is 1.82. The zero-order valence-electron chi connectivity index (χ0n) is 8.48. The van der Waals surface area contributed by atoms with Crippen LogP contribution in [0.1, 0.15) is 18.9 Å². The Hall–Kier alpha value is -1.02. The molecule has 2 nitrogen and oxygen atoms in total. The molecular formula is C12H17NO. The van der Waals surface area contributed by atoms with Crippen LogP contribution in [0.3, 0.4) is 0 Å². The molecule has 0 spiro atoms. The largest absolute Gasteiger partial charge is 0.508 e. The first-order valence-electron chi connectivity index (χ1n) is 5.20. The van der Waals surface area contributed by atoms with Crippen molar-refractivity contribution in [3.05, 3.63) is 29.8 Å². The first-order chi connectivity index (χ1) is 6.66. The minimum Gasteiger partial charge on any atom is -0.508 e. The molecule has 0 heterocycles. The molecule has 0 bridgehead atoms. The van der Waals surface area contributed by atoms with Crippen LogP contribution in [-0.2, 0) is 6.42 Å². The van der Waals surface area contributed by atoms with E-state index in [1.165, 1.54) is 6.42 Å². The van der Waals surface area contributed by atoms with Crippen LogP contribution in [0.4, 0.5) is 0 Å². The Balaban J connectivity index is 1.96. The molecule has 1 fully saturated rings. The average molecular weight is 191 g/mol. The fourth-order valence-electron chi connectivity index (χ4n) is 2.05. The Morgan fingerprint density at radius 1 is 1.57 bits per heavy atom. The quantitative estimate of drug-likeness (QED) is 0.766. The Bertz CT molecular complexity index is 324. The maximum absolute atomic E-state index is 9.29. The number of rotatable bonds is 3. The second-order valence-electron chi connectivity index (χ2n) is 4.41. The van der Waals surface area contributed by atoms with E-state index in [-0.39, 0.29) is 6.04 Å². The standard InChI is InChI=1S/C12H17NO/c1-8-5-11(8)12(13)7-9-3-2-4-10(14)6-9/h2-4,6,8,11-12,14H,5,7,13H2,1H3. The van der Waals surface area contributed by atoms with Crippen molar-refractivity contribution in [2.75, 3.05) is 0 Å². The van der Waals surface area contributed by atoms with Crippen LogP contribution in [-0.4, -0.2) is 11.1 Å². The SMILES string of the molecule is CC1CC1C(N)Cc1cccc(O)c1. The smallest absolute Gasteiger partial charge is 0.115 e. The number of benzene rings is 1. The molecule has 0 aliphatic heterocycles. The second-order valence-corrected chi connectivity index (χ2v) is 4.41. The number of aromatic hydroxyl groups is 1. The van der Waals surface area contributed by atoms with Crippen LogP contribution in [0.2, 0.25) is 0 Å². The van der Waals surface area contributed by atoms with Crippen LogP contribution in [0.25, 0.3) is 0 Å². The average Bonchev–Trinajstić information content (AvgIpc) is 2.82. The molecule has 3 N–H and O–H groups in total. The summed E-state index contributed by atoms with van der Waals surface area (Å²) in [5, 5.41) is 9.29. The van der Waals surface area contributed by atoms with E-state index in [0.717, 1.165) is 17.9 Å². The monoisotopic (exact) mass is 191 g/mol. The highest BCUT2D eigenvalue weighted by Crippen LogP contribution is 2.40. The molecule has 2 rings (SSSR count). The highest BCUT2D eigenvalue weighted by molar-refractivity contribution is 5.27. The van der Waals surface area contributed by atoms with Gasteiger partial charge in [0, 0.05) is 6.04 Å². The second kappa shape index (κ2) is 3.62. The van der Waals surface area contributed by atoms with Crippen LogP contribution >= 0.6 is 0 Å². The van der Waals surface area contributed by atoms with Gasteiger partial charge in [-0.2, -0.15) is 0 Å². The number of phenols is 1. The van der Waals surface area contributed by atoms with Gasteiger partial charge in [0.05, 0.1) is 0 Å². The van der Waals surface area contributed by atoms with Gasteiger partial charge in [-0.05, 0) is 42.4 Å². The molecule has 1 aromatic carbocycles. The summed E-state index contributed by atoms with van der Waals surface area (Å²) in [6.07, 6.45) is 2.14. The van der Waals surface area contributed by atoms with Crippen molar-refractivity contribution in [1.29, 1.82) is 0 Å². The number of hydrogen-bond acceptors (Lipinski definition) is 2. The van der Waals surface area contributed by atoms with E-state index >= 15 is 0 Å². The summed E-state index contributed by atoms with van der Waals surface area (Å²) in [4.78, 5) is 0. The molecule has 0 aromatic heterocycles. The summed E-state index contributed by atoms with van der Waals surface area (Å²) >= 11 is 0. The first kappa shape index (κ1) is 9.53.